The van der Waals surface area contributed by atoms with E-state index >= 15 is 0 Å². The average molecular weight is 300 g/mol. The van der Waals surface area contributed by atoms with Crippen LogP contribution in [0.2, 0.25) is 0 Å². The van der Waals surface area contributed by atoms with Crippen molar-refractivity contribution in [2.24, 2.45) is 11.7 Å². The highest BCUT2D eigenvalue weighted by atomic mass is 16.4. The zero-order valence-corrected chi connectivity index (χ0v) is 12.0. The van der Waals surface area contributed by atoms with Crippen LogP contribution >= 0.6 is 0 Å². The lowest BCUT2D eigenvalue weighted by atomic mass is 10.0. The molecule has 1 rings (SSSR count). The molecule has 2 unspecified atom stereocenters. The summed E-state index contributed by atoms with van der Waals surface area (Å²) in [6.45, 7) is 3.82. The van der Waals surface area contributed by atoms with Crippen molar-refractivity contribution in [2.45, 2.75) is 32.4 Å². The maximum atomic E-state index is 12.2. The summed E-state index contributed by atoms with van der Waals surface area (Å²) in [5.74, 6) is -2.62. The number of carbonyl (C=O) groups is 4. The van der Waals surface area contributed by atoms with E-state index in [0.29, 0.717) is 0 Å². The molecule has 1 aliphatic heterocycles. The fourth-order valence-corrected chi connectivity index (χ4v) is 2.11. The number of nitrogens with one attached hydrogen (secondary N) is 2. The Balaban J connectivity index is 2.84. The SMILES string of the molecule is CC(C)C(NC(=O)N1CCNC(=O)C1CC(=O)O)C(N)=O. The van der Waals surface area contributed by atoms with Gasteiger partial charge in [-0.3, -0.25) is 14.4 Å². The van der Waals surface area contributed by atoms with Gasteiger partial charge in [-0.25, -0.2) is 4.79 Å². The topological polar surface area (TPSA) is 142 Å². The largest absolute Gasteiger partial charge is 0.481 e. The predicted molar refractivity (Wildman–Crippen MR) is 72.1 cm³/mol. The molecule has 1 aliphatic rings. The van der Waals surface area contributed by atoms with Gasteiger partial charge in [-0.2, -0.15) is 0 Å². The molecule has 0 aromatic rings. The van der Waals surface area contributed by atoms with Crippen molar-refractivity contribution < 1.29 is 24.3 Å². The lowest BCUT2D eigenvalue weighted by Gasteiger charge is -2.35. The first-order valence-corrected chi connectivity index (χ1v) is 6.60. The summed E-state index contributed by atoms with van der Waals surface area (Å²) in [6, 6.07) is -2.65. The van der Waals surface area contributed by atoms with Crippen LogP contribution in [0.15, 0.2) is 0 Å². The van der Waals surface area contributed by atoms with E-state index < -0.39 is 42.3 Å². The number of aliphatic carboxylic acids is 1. The second-order valence-electron chi connectivity index (χ2n) is 5.17. The Labute approximate surface area is 121 Å². The second kappa shape index (κ2) is 6.91. The average Bonchev–Trinajstić information content (AvgIpc) is 2.36. The number of carboxylic acid groups (broad SMARTS) is 1. The van der Waals surface area contributed by atoms with Crippen LogP contribution in [0.1, 0.15) is 20.3 Å². The van der Waals surface area contributed by atoms with Gasteiger partial charge in [-0.1, -0.05) is 13.8 Å². The fourth-order valence-electron chi connectivity index (χ4n) is 2.11. The highest BCUT2D eigenvalue weighted by molar-refractivity contribution is 5.92. The number of carbonyl (C=O) groups excluding carboxylic acids is 3. The first-order chi connectivity index (χ1) is 9.73. The van der Waals surface area contributed by atoms with Gasteiger partial charge in [0.05, 0.1) is 6.42 Å². The van der Waals surface area contributed by atoms with Crippen LogP contribution in [0.25, 0.3) is 0 Å². The number of primary amides is 1. The van der Waals surface area contributed by atoms with Crippen LogP contribution in [0.4, 0.5) is 4.79 Å². The maximum Gasteiger partial charge on any atom is 0.318 e. The van der Waals surface area contributed by atoms with Gasteiger partial charge >= 0.3 is 12.0 Å². The zero-order valence-electron chi connectivity index (χ0n) is 12.0. The van der Waals surface area contributed by atoms with Crippen LogP contribution in [-0.2, 0) is 14.4 Å². The monoisotopic (exact) mass is 300 g/mol. The van der Waals surface area contributed by atoms with E-state index in [4.69, 9.17) is 10.8 Å². The molecule has 0 saturated carbocycles. The van der Waals surface area contributed by atoms with Crippen LogP contribution in [0, 0.1) is 5.92 Å². The molecular weight excluding hydrogens is 280 g/mol. The van der Waals surface area contributed by atoms with Crippen LogP contribution in [-0.4, -0.2) is 59.0 Å². The number of rotatable bonds is 5. The molecule has 0 radical (unpaired) electrons. The first-order valence-electron chi connectivity index (χ1n) is 6.60. The van der Waals surface area contributed by atoms with Crippen molar-refractivity contribution in [1.29, 1.82) is 0 Å². The lowest BCUT2D eigenvalue weighted by Crippen LogP contribution is -2.62. The molecule has 0 spiro atoms. The summed E-state index contributed by atoms with van der Waals surface area (Å²) in [5.41, 5.74) is 5.21. The van der Waals surface area contributed by atoms with Crippen molar-refractivity contribution in [1.82, 2.24) is 15.5 Å². The van der Waals surface area contributed by atoms with Crippen LogP contribution in [0.3, 0.4) is 0 Å². The Kier molecular flexibility index (Phi) is 5.51. The molecule has 21 heavy (non-hydrogen) atoms. The van der Waals surface area contributed by atoms with Gasteiger partial charge < -0.3 is 26.4 Å². The van der Waals surface area contributed by atoms with Gasteiger partial charge in [0.25, 0.3) is 0 Å². The molecule has 0 aromatic carbocycles. The Morgan fingerprint density at radius 1 is 1.48 bits per heavy atom. The number of hydrogen-bond acceptors (Lipinski definition) is 4. The third-order valence-corrected chi connectivity index (χ3v) is 3.21. The minimum absolute atomic E-state index is 0.166. The minimum Gasteiger partial charge on any atom is -0.481 e. The molecule has 118 valence electrons. The number of urea groups is 1. The minimum atomic E-state index is -1.19. The number of amides is 4. The number of carboxylic acids is 1. The Bertz CT molecular complexity index is 451. The Morgan fingerprint density at radius 2 is 2.10 bits per heavy atom. The third kappa shape index (κ3) is 4.33. The van der Waals surface area contributed by atoms with E-state index in [9.17, 15) is 19.2 Å². The molecule has 9 heteroatoms. The highest BCUT2D eigenvalue weighted by Crippen LogP contribution is 2.11. The molecule has 1 heterocycles. The molecule has 5 N–H and O–H groups in total. The van der Waals surface area contributed by atoms with E-state index in [1.165, 1.54) is 0 Å². The second-order valence-corrected chi connectivity index (χ2v) is 5.17. The summed E-state index contributed by atoms with van der Waals surface area (Å²) in [7, 11) is 0. The highest BCUT2D eigenvalue weighted by Gasteiger charge is 2.36. The van der Waals surface area contributed by atoms with E-state index in [0.717, 1.165) is 4.90 Å². The molecule has 1 fully saturated rings. The quantitative estimate of drug-likeness (QED) is 0.488. The standard InChI is InChI=1S/C12H20N4O5/c1-6(2)9(10(13)19)15-12(21)16-4-3-14-11(20)7(16)5-8(17)18/h6-7,9H,3-5H2,1-2H3,(H2,13,19)(H,14,20)(H,15,21)(H,17,18). The van der Waals surface area contributed by atoms with Crippen molar-refractivity contribution in [2.75, 3.05) is 13.1 Å². The van der Waals surface area contributed by atoms with E-state index in [-0.39, 0.29) is 19.0 Å². The van der Waals surface area contributed by atoms with Crippen molar-refractivity contribution >= 4 is 23.8 Å². The zero-order chi connectivity index (χ0) is 16.2. The number of hydrogen-bond donors (Lipinski definition) is 4. The van der Waals surface area contributed by atoms with Crippen LogP contribution in [0.5, 0.6) is 0 Å². The van der Waals surface area contributed by atoms with Crippen molar-refractivity contribution in [3.8, 4) is 0 Å². The predicted octanol–water partition coefficient (Wildman–Crippen LogP) is -1.52. The summed E-state index contributed by atoms with van der Waals surface area (Å²) < 4.78 is 0. The summed E-state index contributed by atoms with van der Waals surface area (Å²) >= 11 is 0. The Morgan fingerprint density at radius 3 is 2.57 bits per heavy atom. The number of nitrogens with zero attached hydrogens (tertiary/aromatic N) is 1. The van der Waals surface area contributed by atoms with Gasteiger partial charge in [-0.15, -0.1) is 0 Å². The summed E-state index contributed by atoms with van der Waals surface area (Å²) in [6.07, 6.45) is -0.498. The third-order valence-electron chi connectivity index (χ3n) is 3.21. The van der Waals surface area contributed by atoms with Crippen molar-refractivity contribution in [3.63, 3.8) is 0 Å². The number of nitrogens with two attached hydrogens (primary N) is 1. The van der Waals surface area contributed by atoms with Gasteiger partial charge in [0.2, 0.25) is 11.8 Å². The van der Waals surface area contributed by atoms with E-state index in [1.807, 2.05) is 0 Å². The Hall–Kier alpha value is -2.32. The molecular formula is C12H20N4O5. The first kappa shape index (κ1) is 16.7. The molecule has 0 bridgehead atoms. The van der Waals surface area contributed by atoms with Gasteiger partial charge in [-0.05, 0) is 5.92 Å². The van der Waals surface area contributed by atoms with Gasteiger partial charge in [0, 0.05) is 13.1 Å². The molecule has 0 aliphatic carbocycles. The summed E-state index contributed by atoms with van der Waals surface area (Å²) in [4.78, 5) is 47.1. The fraction of sp³-hybridized carbons (Fsp3) is 0.667. The maximum absolute atomic E-state index is 12.2. The van der Waals surface area contributed by atoms with Gasteiger partial charge in [0.1, 0.15) is 12.1 Å². The lowest BCUT2D eigenvalue weighted by molar-refractivity contribution is -0.142. The molecule has 1 saturated heterocycles. The van der Waals surface area contributed by atoms with Crippen molar-refractivity contribution in [3.05, 3.63) is 0 Å². The molecule has 4 amide bonds. The van der Waals surface area contributed by atoms with Crippen LogP contribution < -0.4 is 16.4 Å². The normalized spacial score (nSPS) is 19.9. The molecule has 2 atom stereocenters. The van der Waals surface area contributed by atoms with E-state index in [1.54, 1.807) is 13.8 Å². The number of piperazine rings is 1. The smallest absolute Gasteiger partial charge is 0.318 e. The van der Waals surface area contributed by atoms with E-state index in [2.05, 4.69) is 10.6 Å². The molecule has 9 nitrogen and oxygen atoms in total. The summed E-state index contributed by atoms with van der Waals surface area (Å²) in [5, 5.41) is 13.8. The molecule has 0 aromatic heterocycles. The van der Waals surface area contributed by atoms with Gasteiger partial charge in [0.15, 0.2) is 0 Å².